The summed E-state index contributed by atoms with van der Waals surface area (Å²) in [5.41, 5.74) is 1.28. The van der Waals surface area contributed by atoms with Crippen LogP contribution in [-0.2, 0) is 6.42 Å². The molecular formula is C17H25IN4OS2. The van der Waals surface area contributed by atoms with Gasteiger partial charge in [-0.05, 0) is 30.5 Å². The van der Waals surface area contributed by atoms with Crippen LogP contribution in [0.25, 0.3) is 0 Å². The van der Waals surface area contributed by atoms with Crippen molar-refractivity contribution in [3.05, 3.63) is 41.4 Å². The standard InChI is InChI=1S/C17H24N4OS2.HI/c1-18-16(19-9-3-12-23-17-21-11-13-24-17)20-10-8-14-4-6-15(22-2)7-5-14;/h4-7,11,13H,3,8-10,12H2,1-2H3,(H2,18,19,20);1H. The van der Waals surface area contributed by atoms with Crippen molar-refractivity contribution in [2.45, 2.75) is 17.2 Å². The lowest BCUT2D eigenvalue weighted by molar-refractivity contribution is 0.414. The van der Waals surface area contributed by atoms with Gasteiger partial charge in [-0.25, -0.2) is 4.98 Å². The number of guanidine groups is 1. The normalized spacial score (nSPS) is 10.9. The molecule has 25 heavy (non-hydrogen) atoms. The molecule has 0 radical (unpaired) electrons. The van der Waals surface area contributed by atoms with Gasteiger partial charge in [0.15, 0.2) is 5.96 Å². The Morgan fingerprint density at radius 2 is 2.00 bits per heavy atom. The van der Waals surface area contributed by atoms with Crippen molar-refractivity contribution in [2.24, 2.45) is 4.99 Å². The first-order valence-electron chi connectivity index (χ1n) is 7.91. The van der Waals surface area contributed by atoms with Crippen LogP contribution in [0.4, 0.5) is 0 Å². The molecule has 0 saturated heterocycles. The predicted molar refractivity (Wildman–Crippen MR) is 119 cm³/mol. The number of thioether (sulfide) groups is 1. The number of benzene rings is 1. The van der Waals surface area contributed by atoms with Gasteiger partial charge in [0, 0.05) is 37.5 Å². The van der Waals surface area contributed by atoms with Gasteiger partial charge in [0.2, 0.25) is 0 Å². The number of thiazole rings is 1. The van der Waals surface area contributed by atoms with Gasteiger partial charge < -0.3 is 15.4 Å². The molecule has 2 N–H and O–H groups in total. The van der Waals surface area contributed by atoms with Crippen LogP contribution >= 0.6 is 47.1 Å². The molecule has 1 aromatic heterocycles. The van der Waals surface area contributed by atoms with Crippen molar-refractivity contribution >= 4 is 53.0 Å². The Morgan fingerprint density at radius 1 is 1.24 bits per heavy atom. The lowest BCUT2D eigenvalue weighted by Gasteiger charge is -2.11. The molecule has 0 aliphatic heterocycles. The molecular weight excluding hydrogens is 467 g/mol. The molecule has 138 valence electrons. The molecule has 0 atom stereocenters. The van der Waals surface area contributed by atoms with E-state index in [0.717, 1.165) is 47.7 Å². The highest BCUT2D eigenvalue weighted by atomic mass is 127. The molecule has 1 aromatic carbocycles. The average molecular weight is 492 g/mol. The molecule has 2 rings (SSSR count). The van der Waals surface area contributed by atoms with Crippen molar-refractivity contribution in [1.82, 2.24) is 15.6 Å². The number of nitrogens with one attached hydrogen (secondary N) is 2. The summed E-state index contributed by atoms with van der Waals surface area (Å²) in [7, 11) is 3.48. The molecule has 0 unspecified atom stereocenters. The van der Waals surface area contributed by atoms with E-state index < -0.39 is 0 Å². The third-order valence-electron chi connectivity index (χ3n) is 3.34. The molecule has 0 fully saturated rings. The molecule has 5 nitrogen and oxygen atoms in total. The van der Waals surface area contributed by atoms with Crippen LogP contribution in [0.15, 0.2) is 45.2 Å². The number of hydrogen-bond donors (Lipinski definition) is 2. The monoisotopic (exact) mass is 492 g/mol. The maximum Gasteiger partial charge on any atom is 0.190 e. The van der Waals surface area contributed by atoms with E-state index in [2.05, 4.69) is 32.7 Å². The summed E-state index contributed by atoms with van der Waals surface area (Å²) in [4.78, 5) is 8.51. The SMILES string of the molecule is CN=C(NCCCSc1nccs1)NCCc1ccc(OC)cc1.I. The number of ether oxygens (including phenoxy) is 1. The van der Waals surface area contributed by atoms with E-state index in [-0.39, 0.29) is 24.0 Å². The summed E-state index contributed by atoms with van der Waals surface area (Å²) in [5.74, 6) is 2.80. The average Bonchev–Trinajstić information content (AvgIpc) is 3.14. The van der Waals surface area contributed by atoms with Crippen LogP contribution < -0.4 is 15.4 Å². The summed E-state index contributed by atoms with van der Waals surface area (Å²) in [6.07, 6.45) is 3.87. The zero-order valence-corrected chi connectivity index (χ0v) is 18.5. The predicted octanol–water partition coefficient (Wildman–Crippen LogP) is 3.66. The highest BCUT2D eigenvalue weighted by Gasteiger charge is 2.00. The quantitative estimate of drug-likeness (QED) is 0.184. The lowest BCUT2D eigenvalue weighted by Crippen LogP contribution is -2.38. The van der Waals surface area contributed by atoms with Crippen LogP contribution in [0, 0.1) is 0 Å². The minimum Gasteiger partial charge on any atom is -0.497 e. The summed E-state index contributed by atoms with van der Waals surface area (Å²) < 4.78 is 6.30. The third-order valence-corrected chi connectivity index (χ3v) is 5.39. The molecule has 0 spiro atoms. The first-order valence-corrected chi connectivity index (χ1v) is 9.78. The fourth-order valence-electron chi connectivity index (χ4n) is 2.06. The van der Waals surface area contributed by atoms with Crippen molar-refractivity contribution in [3.63, 3.8) is 0 Å². The van der Waals surface area contributed by atoms with Crippen LogP contribution in [0.3, 0.4) is 0 Å². The molecule has 0 saturated carbocycles. The first-order chi connectivity index (χ1) is 11.8. The van der Waals surface area contributed by atoms with Crippen LogP contribution in [0.2, 0.25) is 0 Å². The number of aliphatic imine (C=N–C) groups is 1. The van der Waals surface area contributed by atoms with Gasteiger partial charge in [-0.3, -0.25) is 4.99 Å². The Hall–Kier alpha value is -1.00. The number of rotatable bonds is 9. The van der Waals surface area contributed by atoms with Gasteiger partial charge in [0.05, 0.1) is 7.11 Å². The minimum absolute atomic E-state index is 0. The molecule has 0 bridgehead atoms. The van der Waals surface area contributed by atoms with Gasteiger partial charge in [0.25, 0.3) is 0 Å². The summed E-state index contributed by atoms with van der Waals surface area (Å²) in [6.45, 7) is 1.75. The highest BCUT2D eigenvalue weighted by molar-refractivity contribution is 14.0. The summed E-state index contributed by atoms with van der Waals surface area (Å²) in [5, 5.41) is 8.69. The fraction of sp³-hybridized carbons (Fsp3) is 0.412. The van der Waals surface area contributed by atoms with Crippen LogP contribution in [0.1, 0.15) is 12.0 Å². The Morgan fingerprint density at radius 3 is 2.64 bits per heavy atom. The second-order valence-corrected chi connectivity index (χ2v) is 7.26. The van der Waals surface area contributed by atoms with E-state index in [0.29, 0.717) is 0 Å². The Bertz CT molecular complexity index is 606. The van der Waals surface area contributed by atoms with Crippen LogP contribution in [-0.4, -0.2) is 43.9 Å². The van der Waals surface area contributed by atoms with Crippen molar-refractivity contribution in [2.75, 3.05) is 33.0 Å². The highest BCUT2D eigenvalue weighted by Crippen LogP contribution is 2.20. The minimum atomic E-state index is 0. The van der Waals surface area contributed by atoms with E-state index in [9.17, 15) is 0 Å². The molecule has 0 aliphatic carbocycles. The van der Waals surface area contributed by atoms with Gasteiger partial charge in [-0.15, -0.1) is 35.3 Å². The maximum atomic E-state index is 5.17. The molecule has 8 heteroatoms. The first kappa shape index (κ1) is 22.0. The lowest BCUT2D eigenvalue weighted by atomic mass is 10.1. The van der Waals surface area contributed by atoms with E-state index in [1.807, 2.05) is 23.7 Å². The Kier molecular flexibility index (Phi) is 11.7. The fourth-order valence-corrected chi connectivity index (χ4v) is 3.71. The van der Waals surface area contributed by atoms with E-state index in [1.54, 1.807) is 37.3 Å². The van der Waals surface area contributed by atoms with Crippen LogP contribution in [0.5, 0.6) is 5.75 Å². The van der Waals surface area contributed by atoms with E-state index in [1.165, 1.54) is 5.56 Å². The zero-order chi connectivity index (χ0) is 17.0. The van der Waals surface area contributed by atoms with Gasteiger partial charge in [-0.1, -0.05) is 23.9 Å². The summed E-state index contributed by atoms with van der Waals surface area (Å²) in [6, 6.07) is 8.16. The number of hydrogen-bond acceptors (Lipinski definition) is 5. The number of methoxy groups -OCH3 is 1. The number of nitrogens with zero attached hydrogens (tertiary/aromatic N) is 2. The van der Waals surface area contributed by atoms with Crippen molar-refractivity contribution in [1.29, 1.82) is 0 Å². The van der Waals surface area contributed by atoms with Gasteiger partial charge >= 0.3 is 0 Å². The smallest absolute Gasteiger partial charge is 0.190 e. The van der Waals surface area contributed by atoms with Gasteiger partial charge in [-0.2, -0.15) is 0 Å². The summed E-state index contributed by atoms with van der Waals surface area (Å²) >= 11 is 3.49. The molecule has 0 aliphatic rings. The van der Waals surface area contributed by atoms with E-state index >= 15 is 0 Å². The van der Waals surface area contributed by atoms with Gasteiger partial charge in [0.1, 0.15) is 10.1 Å². The van der Waals surface area contributed by atoms with Crippen molar-refractivity contribution < 1.29 is 4.74 Å². The maximum absolute atomic E-state index is 5.17. The topological polar surface area (TPSA) is 58.5 Å². The second kappa shape index (κ2) is 13.2. The largest absolute Gasteiger partial charge is 0.497 e. The number of aromatic nitrogens is 1. The van der Waals surface area contributed by atoms with Crippen molar-refractivity contribution in [3.8, 4) is 5.75 Å². The number of halogens is 1. The molecule has 2 aromatic rings. The van der Waals surface area contributed by atoms with E-state index in [4.69, 9.17) is 4.74 Å². The molecule has 1 heterocycles. The Balaban J connectivity index is 0.00000312. The Labute approximate surface area is 175 Å². The molecule has 0 amide bonds. The second-order valence-electron chi connectivity index (χ2n) is 5.02. The zero-order valence-electron chi connectivity index (χ0n) is 14.5. The third kappa shape index (κ3) is 8.77.